The van der Waals surface area contributed by atoms with Gasteiger partial charge in [-0.25, -0.2) is 12.8 Å². The van der Waals surface area contributed by atoms with E-state index in [0.29, 0.717) is 38.1 Å². The van der Waals surface area contributed by atoms with Gasteiger partial charge >= 0.3 is 6.18 Å². The molecule has 2 amide bonds. The van der Waals surface area contributed by atoms with E-state index >= 15 is 0 Å². The number of sulfonamides is 1. The number of hydrogen-bond donors (Lipinski definition) is 2. The Morgan fingerprint density at radius 3 is 2.45 bits per heavy atom. The zero-order valence-corrected chi connectivity index (χ0v) is 25.1. The highest BCUT2D eigenvalue weighted by Gasteiger charge is 2.48. The Kier molecular flexibility index (Phi) is 8.40. The number of aliphatic hydroxyl groups excluding tert-OH is 1. The van der Waals surface area contributed by atoms with Gasteiger partial charge in [0.15, 0.2) is 0 Å². The van der Waals surface area contributed by atoms with Crippen LogP contribution >= 0.6 is 0 Å². The number of halogens is 4. The Labute approximate surface area is 253 Å². The van der Waals surface area contributed by atoms with Crippen LogP contribution in [0.25, 0.3) is 0 Å². The normalized spacial score (nSPS) is 26.7. The lowest BCUT2D eigenvalue weighted by Gasteiger charge is -2.41. The molecule has 1 aliphatic carbocycles. The maximum atomic E-state index is 13.8. The topological polar surface area (TPSA) is 119 Å². The number of nitrogens with zero attached hydrogens (tertiary/aromatic N) is 3. The molecule has 2 atom stereocenters. The van der Waals surface area contributed by atoms with E-state index in [1.165, 1.54) is 10.4 Å². The molecule has 0 radical (unpaired) electrons. The van der Waals surface area contributed by atoms with Gasteiger partial charge in [0.2, 0.25) is 15.9 Å². The van der Waals surface area contributed by atoms with Crippen molar-refractivity contribution >= 4 is 27.7 Å². The van der Waals surface area contributed by atoms with Crippen LogP contribution in [0.3, 0.4) is 0 Å². The SMILES string of the molecule is CC1=CC=CC(C)(C(=O)N2CCC(O)CC2)C1/C=C/S(=O)(=O)N1CCC2(CC1)N=C(c1ccc(F)c(C(F)(F)F)c1)NC2=O. The molecule has 3 heterocycles. The highest BCUT2D eigenvalue weighted by atomic mass is 32.2. The first-order valence-corrected chi connectivity index (χ1v) is 15.9. The number of likely N-dealkylation sites (tertiary alicyclic amines) is 1. The number of aliphatic hydroxyl groups is 1. The maximum absolute atomic E-state index is 13.8. The molecule has 2 N–H and O–H groups in total. The van der Waals surface area contributed by atoms with Gasteiger partial charge in [-0.3, -0.25) is 14.6 Å². The largest absolute Gasteiger partial charge is 0.419 e. The Hall–Kier alpha value is -3.36. The number of alkyl halides is 3. The summed E-state index contributed by atoms with van der Waals surface area (Å²) in [6.45, 7) is 4.29. The second-order valence-corrected chi connectivity index (χ2v) is 13.8. The minimum atomic E-state index is -4.93. The number of aliphatic imine (C=N–C) groups is 1. The summed E-state index contributed by atoms with van der Waals surface area (Å²) in [5.74, 6) is -2.82. The standard InChI is InChI=1S/C30H34F4N4O5S/c1-19-4-3-10-28(2,27(41)37-13-7-21(39)8-14-37)22(19)9-17-44(42,43)38-15-11-29(12-16-38)26(40)35-25(36-29)20-5-6-24(31)23(18-20)30(32,33)34/h3-6,9-10,17-18,21-22,39H,7-8,11-16H2,1-2H3,(H,35,36,40)/b17-9+. The molecule has 4 aliphatic rings. The summed E-state index contributed by atoms with van der Waals surface area (Å²) in [5, 5.41) is 13.4. The molecule has 1 aromatic rings. The van der Waals surface area contributed by atoms with E-state index in [1.807, 2.05) is 13.0 Å². The first-order valence-electron chi connectivity index (χ1n) is 14.4. The Balaban J connectivity index is 1.30. The van der Waals surface area contributed by atoms with Gasteiger partial charge in [-0.1, -0.05) is 29.9 Å². The van der Waals surface area contributed by atoms with Crippen molar-refractivity contribution in [2.75, 3.05) is 26.2 Å². The number of allylic oxidation sites excluding steroid dienone is 4. The van der Waals surface area contributed by atoms with Crippen LogP contribution in [0.1, 0.15) is 50.7 Å². The van der Waals surface area contributed by atoms with Crippen molar-refractivity contribution in [1.82, 2.24) is 14.5 Å². The smallest absolute Gasteiger partial charge is 0.393 e. The fourth-order valence-electron chi connectivity index (χ4n) is 6.30. The maximum Gasteiger partial charge on any atom is 0.419 e. The van der Waals surface area contributed by atoms with Gasteiger partial charge in [-0.2, -0.15) is 17.5 Å². The number of carbonyl (C=O) groups excluding carboxylic acids is 2. The van der Waals surface area contributed by atoms with Gasteiger partial charge in [0.1, 0.15) is 17.2 Å². The van der Waals surface area contributed by atoms with E-state index in [9.17, 15) is 40.7 Å². The summed E-state index contributed by atoms with van der Waals surface area (Å²) < 4.78 is 81.4. The van der Waals surface area contributed by atoms with Crippen LogP contribution in [0.5, 0.6) is 0 Å². The van der Waals surface area contributed by atoms with Crippen molar-refractivity contribution < 1.29 is 40.7 Å². The van der Waals surface area contributed by atoms with Crippen LogP contribution < -0.4 is 5.32 Å². The third kappa shape index (κ3) is 5.98. The molecule has 9 nitrogen and oxygen atoms in total. The van der Waals surface area contributed by atoms with Crippen LogP contribution in [0.15, 0.2) is 58.5 Å². The molecule has 238 valence electrons. The number of benzene rings is 1. The number of piperidine rings is 2. The predicted octanol–water partition coefficient (Wildman–Crippen LogP) is 3.52. The summed E-state index contributed by atoms with van der Waals surface area (Å²) in [6.07, 6.45) is 2.46. The van der Waals surface area contributed by atoms with Crippen LogP contribution in [0.4, 0.5) is 17.6 Å². The van der Waals surface area contributed by atoms with Gasteiger partial charge in [0, 0.05) is 43.1 Å². The number of carbonyl (C=O) groups is 2. The lowest BCUT2D eigenvalue weighted by molar-refractivity contribution is -0.142. The molecular formula is C30H34F4N4O5S. The van der Waals surface area contributed by atoms with E-state index < -0.39 is 56.5 Å². The summed E-state index contributed by atoms with van der Waals surface area (Å²) in [7, 11) is -3.97. The van der Waals surface area contributed by atoms with E-state index in [-0.39, 0.29) is 43.2 Å². The number of nitrogens with one attached hydrogen (secondary N) is 1. The molecule has 1 spiro atoms. The summed E-state index contributed by atoms with van der Waals surface area (Å²) in [4.78, 5) is 32.6. The highest BCUT2D eigenvalue weighted by Crippen LogP contribution is 2.41. The minimum Gasteiger partial charge on any atom is -0.393 e. The molecule has 14 heteroatoms. The first-order chi connectivity index (χ1) is 20.6. The molecule has 0 aromatic heterocycles. The average Bonchev–Trinajstić information content (AvgIpc) is 3.27. The molecule has 3 aliphatic heterocycles. The lowest BCUT2D eigenvalue weighted by Crippen LogP contribution is -2.50. The van der Waals surface area contributed by atoms with Crippen LogP contribution in [-0.4, -0.2) is 78.2 Å². The Bertz CT molecular complexity index is 1570. The number of amides is 2. The van der Waals surface area contributed by atoms with E-state index in [0.717, 1.165) is 17.0 Å². The van der Waals surface area contributed by atoms with Gasteiger partial charge in [-0.15, -0.1) is 0 Å². The summed E-state index contributed by atoms with van der Waals surface area (Å²) in [6, 6.07) is 2.34. The molecule has 1 aromatic carbocycles. The fraction of sp³-hybridized carbons (Fsp3) is 0.500. The van der Waals surface area contributed by atoms with E-state index in [4.69, 9.17) is 0 Å². The van der Waals surface area contributed by atoms with Crippen molar-refractivity contribution in [1.29, 1.82) is 0 Å². The quantitative estimate of drug-likeness (QED) is 0.479. The molecule has 0 saturated carbocycles. The average molecular weight is 639 g/mol. The molecule has 2 fully saturated rings. The lowest BCUT2D eigenvalue weighted by atomic mass is 9.69. The molecule has 0 bridgehead atoms. The Morgan fingerprint density at radius 1 is 1.16 bits per heavy atom. The second kappa shape index (κ2) is 11.5. The van der Waals surface area contributed by atoms with Crippen molar-refractivity contribution in [3.05, 3.63) is 70.4 Å². The molecule has 44 heavy (non-hydrogen) atoms. The van der Waals surface area contributed by atoms with E-state index in [1.54, 1.807) is 24.0 Å². The summed E-state index contributed by atoms with van der Waals surface area (Å²) >= 11 is 0. The molecule has 5 rings (SSSR count). The zero-order valence-electron chi connectivity index (χ0n) is 24.3. The van der Waals surface area contributed by atoms with Gasteiger partial charge < -0.3 is 15.3 Å². The molecule has 2 saturated heterocycles. The number of rotatable bonds is 5. The summed E-state index contributed by atoms with van der Waals surface area (Å²) in [5.41, 5.74) is -3.17. The minimum absolute atomic E-state index is 0.00909. The van der Waals surface area contributed by atoms with Crippen molar-refractivity contribution in [2.24, 2.45) is 16.3 Å². The van der Waals surface area contributed by atoms with E-state index in [2.05, 4.69) is 10.3 Å². The second-order valence-electron chi connectivity index (χ2n) is 12.0. The van der Waals surface area contributed by atoms with Crippen molar-refractivity contribution in [3.8, 4) is 0 Å². The predicted molar refractivity (Wildman–Crippen MR) is 154 cm³/mol. The third-order valence-corrected chi connectivity index (χ3v) is 10.6. The van der Waals surface area contributed by atoms with Crippen molar-refractivity contribution in [3.63, 3.8) is 0 Å². The van der Waals surface area contributed by atoms with Gasteiger partial charge in [0.05, 0.1) is 17.1 Å². The Morgan fingerprint density at radius 2 is 1.82 bits per heavy atom. The highest BCUT2D eigenvalue weighted by molar-refractivity contribution is 7.92. The first kappa shape index (κ1) is 32.0. The molecular weight excluding hydrogens is 604 g/mol. The fourth-order valence-corrected chi connectivity index (χ4v) is 7.52. The van der Waals surface area contributed by atoms with Crippen LogP contribution in [-0.2, 0) is 25.8 Å². The zero-order chi connectivity index (χ0) is 32.1. The number of amidine groups is 1. The van der Waals surface area contributed by atoms with Gasteiger partial charge in [-0.05, 0) is 57.7 Å². The third-order valence-electron chi connectivity index (χ3n) is 9.03. The van der Waals surface area contributed by atoms with Crippen LogP contribution in [0.2, 0.25) is 0 Å². The van der Waals surface area contributed by atoms with Crippen LogP contribution in [0, 0.1) is 17.2 Å². The van der Waals surface area contributed by atoms with Gasteiger partial charge in [0.25, 0.3) is 5.91 Å². The molecule has 2 unspecified atom stereocenters. The van der Waals surface area contributed by atoms with Crippen molar-refractivity contribution in [2.45, 2.75) is 57.3 Å². The monoisotopic (exact) mass is 638 g/mol. The number of hydrogen-bond acceptors (Lipinski definition) is 6.